The maximum atomic E-state index is 11.9. The van der Waals surface area contributed by atoms with Crippen molar-refractivity contribution < 1.29 is 9.53 Å². The number of carbonyl (C=O) groups is 1. The van der Waals surface area contributed by atoms with Crippen LogP contribution < -0.4 is 10.1 Å². The highest BCUT2D eigenvalue weighted by molar-refractivity contribution is 14.1. The molecule has 1 aromatic heterocycles. The maximum Gasteiger partial charge on any atom is 0.255 e. The maximum absolute atomic E-state index is 11.9. The predicted molar refractivity (Wildman–Crippen MR) is 77.9 cm³/mol. The normalized spacial score (nSPS) is 9.89. The van der Waals surface area contributed by atoms with E-state index < -0.39 is 0 Å². The number of benzene rings is 1. The van der Waals surface area contributed by atoms with Crippen LogP contribution in [0.1, 0.15) is 10.4 Å². The monoisotopic (exact) mass is 354 g/mol. The second-order valence-electron chi connectivity index (χ2n) is 3.55. The van der Waals surface area contributed by atoms with Gasteiger partial charge in [-0.05, 0) is 52.9 Å². The van der Waals surface area contributed by atoms with Crippen LogP contribution in [0.25, 0.3) is 0 Å². The quantitative estimate of drug-likeness (QED) is 0.863. The summed E-state index contributed by atoms with van der Waals surface area (Å²) in [4.78, 5) is 15.9. The lowest BCUT2D eigenvalue weighted by atomic mass is 10.2. The number of aromatic nitrogens is 1. The molecule has 0 saturated carbocycles. The fraction of sp³-hybridized carbons (Fsp3) is 0.0769. The standard InChI is InChI=1S/C13H11IN2O2/c1-18-12-7-6-11(8-15-12)16-13(17)9-2-4-10(14)5-3-9/h2-8H,1H3,(H,16,17). The molecule has 2 aromatic rings. The number of methoxy groups -OCH3 is 1. The largest absolute Gasteiger partial charge is 0.481 e. The third-order valence-electron chi connectivity index (χ3n) is 2.31. The molecule has 18 heavy (non-hydrogen) atoms. The average molecular weight is 354 g/mol. The van der Waals surface area contributed by atoms with Gasteiger partial charge in [0, 0.05) is 15.2 Å². The number of ether oxygens (including phenoxy) is 1. The molecular formula is C13H11IN2O2. The molecule has 0 spiro atoms. The van der Waals surface area contributed by atoms with Crippen LogP contribution >= 0.6 is 22.6 Å². The zero-order chi connectivity index (χ0) is 13.0. The Morgan fingerprint density at radius 1 is 1.22 bits per heavy atom. The van der Waals surface area contributed by atoms with Crippen molar-refractivity contribution >= 4 is 34.2 Å². The van der Waals surface area contributed by atoms with Crippen molar-refractivity contribution in [1.29, 1.82) is 0 Å². The third-order valence-corrected chi connectivity index (χ3v) is 3.03. The van der Waals surface area contributed by atoms with Crippen molar-refractivity contribution in [3.63, 3.8) is 0 Å². The highest BCUT2D eigenvalue weighted by Gasteiger charge is 2.05. The minimum Gasteiger partial charge on any atom is -0.481 e. The van der Waals surface area contributed by atoms with Crippen LogP contribution in [0.4, 0.5) is 5.69 Å². The second kappa shape index (κ2) is 5.81. The molecule has 5 heteroatoms. The number of rotatable bonds is 3. The summed E-state index contributed by atoms with van der Waals surface area (Å²) < 4.78 is 6.04. The van der Waals surface area contributed by atoms with Gasteiger partial charge >= 0.3 is 0 Å². The number of amides is 1. The van der Waals surface area contributed by atoms with Gasteiger partial charge in [0.05, 0.1) is 19.0 Å². The number of carbonyl (C=O) groups excluding carboxylic acids is 1. The topological polar surface area (TPSA) is 51.2 Å². The summed E-state index contributed by atoms with van der Waals surface area (Å²) in [6.45, 7) is 0. The van der Waals surface area contributed by atoms with Gasteiger partial charge in [0.15, 0.2) is 0 Å². The van der Waals surface area contributed by atoms with Crippen LogP contribution in [-0.2, 0) is 0 Å². The summed E-state index contributed by atoms with van der Waals surface area (Å²) in [7, 11) is 1.55. The average Bonchev–Trinajstić information content (AvgIpc) is 2.40. The lowest BCUT2D eigenvalue weighted by molar-refractivity contribution is 0.102. The first kappa shape index (κ1) is 12.8. The Morgan fingerprint density at radius 3 is 2.50 bits per heavy atom. The van der Waals surface area contributed by atoms with Crippen molar-refractivity contribution in [2.45, 2.75) is 0 Å². The number of nitrogens with zero attached hydrogens (tertiary/aromatic N) is 1. The Bertz CT molecular complexity index is 538. The fourth-order valence-corrected chi connectivity index (χ4v) is 1.74. The first-order valence-corrected chi connectivity index (χ1v) is 6.34. The smallest absolute Gasteiger partial charge is 0.255 e. The van der Waals surface area contributed by atoms with E-state index in [1.165, 1.54) is 0 Å². The Morgan fingerprint density at radius 2 is 1.94 bits per heavy atom. The van der Waals surface area contributed by atoms with Gasteiger partial charge in [0.1, 0.15) is 0 Å². The van der Waals surface area contributed by atoms with Crippen molar-refractivity contribution in [2.75, 3.05) is 12.4 Å². The molecular weight excluding hydrogens is 343 g/mol. The molecule has 0 fully saturated rings. The van der Waals surface area contributed by atoms with Crippen molar-refractivity contribution in [3.8, 4) is 5.88 Å². The first-order valence-electron chi connectivity index (χ1n) is 5.26. The van der Waals surface area contributed by atoms with Gasteiger partial charge < -0.3 is 10.1 Å². The van der Waals surface area contributed by atoms with E-state index in [0.717, 1.165) is 3.57 Å². The molecule has 0 atom stereocenters. The summed E-state index contributed by atoms with van der Waals surface area (Å²) in [6, 6.07) is 10.8. The van der Waals surface area contributed by atoms with E-state index in [2.05, 4.69) is 32.9 Å². The van der Waals surface area contributed by atoms with Crippen LogP contribution in [0.3, 0.4) is 0 Å². The molecule has 1 amide bonds. The summed E-state index contributed by atoms with van der Waals surface area (Å²) in [5.41, 5.74) is 1.26. The van der Waals surface area contributed by atoms with Gasteiger partial charge in [-0.15, -0.1) is 0 Å². The summed E-state index contributed by atoms with van der Waals surface area (Å²) in [5, 5.41) is 2.77. The zero-order valence-electron chi connectivity index (χ0n) is 9.68. The van der Waals surface area contributed by atoms with Gasteiger partial charge in [0.25, 0.3) is 5.91 Å². The first-order chi connectivity index (χ1) is 8.69. The molecule has 4 nitrogen and oxygen atoms in total. The van der Waals surface area contributed by atoms with E-state index >= 15 is 0 Å². The van der Waals surface area contributed by atoms with Crippen LogP contribution in [-0.4, -0.2) is 18.0 Å². The van der Waals surface area contributed by atoms with E-state index in [9.17, 15) is 4.79 Å². The highest BCUT2D eigenvalue weighted by Crippen LogP contribution is 2.13. The van der Waals surface area contributed by atoms with E-state index in [4.69, 9.17) is 4.74 Å². The Hall–Kier alpha value is -1.63. The number of halogens is 1. The van der Waals surface area contributed by atoms with E-state index in [0.29, 0.717) is 17.1 Å². The van der Waals surface area contributed by atoms with Crippen molar-refractivity contribution in [2.24, 2.45) is 0 Å². The molecule has 1 aromatic carbocycles. The van der Waals surface area contributed by atoms with Gasteiger partial charge in [-0.2, -0.15) is 0 Å². The minimum atomic E-state index is -0.154. The molecule has 0 unspecified atom stereocenters. The third kappa shape index (κ3) is 3.19. The SMILES string of the molecule is COc1ccc(NC(=O)c2ccc(I)cc2)cn1. The summed E-state index contributed by atoms with van der Waals surface area (Å²) >= 11 is 2.20. The molecule has 0 radical (unpaired) electrons. The fourth-order valence-electron chi connectivity index (χ4n) is 1.38. The number of hydrogen-bond donors (Lipinski definition) is 1. The van der Waals surface area contributed by atoms with Gasteiger partial charge in [0.2, 0.25) is 5.88 Å². The van der Waals surface area contributed by atoms with Crippen molar-refractivity contribution in [3.05, 3.63) is 51.7 Å². The van der Waals surface area contributed by atoms with Gasteiger partial charge in [-0.3, -0.25) is 4.79 Å². The molecule has 1 N–H and O–H groups in total. The van der Waals surface area contributed by atoms with Crippen LogP contribution in [0.5, 0.6) is 5.88 Å². The van der Waals surface area contributed by atoms with E-state index in [1.54, 1.807) is 37.6 Å². The molecule has 0 saturated heterocycles. The Labute approximate surface area is 119 Å². The molecule has 2 rings (SSSR count). The Balaban J connectivity index is 2.08. The minimum absolute atomic E-state index is 0.154. The Kier molecular flexibility index (Phi) is 4.14. The number of hydrogen-bond acceptors (Lipinski definition) is 3. The molecule has 0 aliphatic heterocycles. The van der Waals surface area contributed by atoms with Crippen LogP contribution in [0.2, 0.25) is 0 Å². The molecule has 92 valence electrons. The van der Waals surface area contributed by atoms with E-state index in [-0.39, 0.29) is 5.91 Å². The number of anilines is 1. The second-order valence-corrected chi connectivity index (χ2v) is 4.80. The molecule has 0 aliphatic carbocycles. The zero-order valence-corrected chi connectivity index (χ0v) is 11.8. The predicted octanol–water partition coefficient (Wildman–Crippen LogP) is 2.95. The van der Waals surface area contributed by atoms with E-state index in [1.807, 2.05) is 12.1 Å². The molecule has 0 aliphatic rings. The molecule has 0 bridgehead atoms. The number of pyridine rings is 1. The highest BCUT2D eigenvalue weighted by atomic mass is 127. The van der Waals surface area contributed by atoms with Crippen LogP contribution in [0, 0.1) is 3.57 Å². The lowest BCUT2D eigenvalue weighted by Crippen LogP contribution is -2.11. The molecule has 1 heterocycles. The van der Waals surface area contributed by atoms with Gasteiger partial charge in [-0.25, -0.2) is 4.98 Å². The van der Waals surface area contributed by atoms with Gasteiger partial charge in [-0.1, -0.05) is 0 Å². The summed E-state index contributed by atoms with van der Waals surface area (Å²) in [6.07, 6.45) is 1.56. The van der Waals surface area contributed by atoms with Crippen LogP contribution in [0.15, 0.2) is 42.6 Å². The summed E-state index contributed by atoms with van der Waals surface area (Å²) in [5.74, 6) is 0.362. The number of nitrogens with one attached hydrogen (secondary N) is 1. The lowest BCUT2D eigenvalue weighted by Gasteiger charge is -2.05. The van der Waals surface area contributed by atoms with Crippen molar-refractivity contribution in [1.82, 2.24) is 4.98 Å².